The average Bonchev–Trinajstić information content (AvgIpc) is 3.08. The van der Waals surface area contributed by atoms with Gasteiger partial charge in [0.1, 0.15) is 0 Å². The number of amides is 1. The summed E-state index contributed by atoms with van der Waals surface area (Å²) in [6, 6.07) is 15.1. The summed E-state index contributed by atoms with van der Waals surface area (Å²) in [4.78, 5) is 18.5. The second-order valence-electron chi connectivity index (χ2n) is 4.34. The van der Waals surface area contributed by atoms with Gasteiger partial charge >= 0.3 is 0 Å². The van der Waals surface area contributed by atoms with Crippen LogP contribution in [0.2, 0.25) is 0 Å². The van der Waals surface area contributed by atoms with Crippen LogP contribution in [-0.4, -0.2) is 20.5 Å². The van der Waals surface area contributed by atoms with Gasteiger partial charge in [0.2, 0.25) is 0 Å². The fourth-order valence-corrected chi connectivity index (χ4v) is 2.37. The minimum atomic E-state index is -0.180. The highest BCUT2D eigenvalue weighted by atomic mass is 32.1. The maximum atomic E-state index is 12.6. The monoisotopic (exact) mass is 296 g/mol. The zero-order valence-electron chi connectivity index (χ0n) is 11.1. The Morgan fingerprint density at radius 1 is 1.10 bits per heavy atom. The topological polar surface area (TPSA) is 59.0 Å². The first-order chi connectivity index (χ1) is 10.3. The largest absolute Gasteiger partial charge is 0.301 e. The number of rotatable bonds is 4. The van der Waals surface area contributed by atoms with Gasteiger partial charge in [-0.1, -0.05) is 28.8 Å². The molecule has 0 saturated carbocycles. The molecule has 0 aliphatic carbocycles. The molecule has 3 rings (SSSR count). The van der Waals surface area contributed by atoms with Gasteiger partial charge in [-0.2, -0.15) is 0 Å². The highest BCUT2D eigenvalue weighted by Crippen LogP contribution is 2.18. The van der Waals surface area contributed by atoms with Crippen LogP contribution in [-0.2, 0) is 6.54 Å². The molecule has 0 bridgehead atoms. The lowest BCUT2D eigenvalue weighted by Crippen LogP contribution is -2.31. The van der Waals surface area contributed by atoms with E-state index in [4.69, 9.17) is 0 Å². The second-order valence-corrected chi connectivity index (χ2v) is 4.95. The standard InChI is InChI=1S/C15H12N4OS/c20-15(14-11-21-18-17-14)19(13-7-2-1-3-8-13)10-12-6-4-5-9-16-12/h1-9,11H,10H2. The van der Waals surface area contributed by atoms with Gasteiger partial charge in [0.25, 0.3) is 5.91 Å². The van der Waals surface area contributed by atoms with Gasteiger partial charge in [0.05, 0.1) is 12.2 Å². The predicted molar refractivity (Wildman–Crippen MR) is 81.1 cm³/mol. The van der Waals surface area contributed by atoms with Gasteiger partial charge in [0, 0.05) is 17.3 Å². The van der Waals surface area contributed by atoms with Crippen LogP contribution in [0, 0.1) is 0 Å². The highest BCUT2D eigenvalue weighted by Gasteiger charge is 2.20. The molecule has 2 heterocycles. The number of carbonyl (C=O) groups excluding carboxylic acids is 1. The van der Waals surface area contributed by atoms with Crippen LogP contribution in [0.1, 0.15) is 16.2 Å². The molecule has 1 amide bonds. The van der Waals surface area contributed by atoms with E-state index in [1.807, 2.05) is 48.5 Å². The number of nitrogens with zero attached hydrogens (tertiary/aromatic N) is 4. The first kappa shape index (κ1) is 13.4. The van der Waals surface area contributed by atoms with Crippen LogP contribution in [0.5, 0.6) is 0 Å². The Bertz CT molecular complexity index is 701. The number of carbonyl (C=O) groups is 1. The second kappa shape index (κ2) is 6.23. The van der Waals surface area contributed by atoms with Crippen LogP contribution >= 0.6 is 11.5 Å². The van der Waals surface area contributed by atoms with E-state index >= 15 is 0 Å². The third kappa shape index (κ3) is 3.11. The van der Waals surface area contributed by atoms with E-state index in [1.165, 1.54) is 0 Å². The molecule has 6 heteroatoms. The fourth-order valence-electron chi connectivity index (χ4n) is 1.94. The van der Waals surface area contributed by atoms with E-state index < -0.39 is 0 Å². The Labute approximate surface area is 126 Å². The summed E-state index contributed by atoms with van der Waals surface area (Å²) in [5.74, 6) is -0.180. The van der Waals surface area contributed by atoms with Gasteiger partial charge in [-0.25, -0.2) is 0 Å². The Kier molecular flexibility index (Phi) is 3.97. The summed E-state index contributed by atoms with van der Waals surface area (Å²) in [5.41, 5.74) is 1.97. The molecule has 0 saturated heterocycles. The Hall–Kier alpha value is -2.60. The first-order valence-electron chi connectivity index (χ1n) is 6.38. The smallest absolute Gasteiger partial charge is 0.280 e. The van der Waals surface area contributed by atoms with Crippen molar-refractivity contribution < 1.29 is 4.79 Å². The summed E-state index contributed by atoms with van der Waals surface area (Å²) in [6.07, 6.45) is 1.72. The van der Waals surface area contributed by atoms with Crippen molar-refractivity contribution in [2.75, 3.05) is 4.90 Å². The molecule has 0 N–H and O–H groups in total. The summed E-state index contributed by atoms with van der Waals surface area (Å²) >= 11 is 1.16. The van der Waals surface area contributed by atoms with Crippen molar-refractivity contribution in [2.45, 2.75) is 6.54 Å². The molecule has 0 atom stereocenters. The Balaban J connectivity index is 1.93. The molecule has 21 heavy (non-hydrogen) atoms. The number of pyridine rings is 1. The van der Waals surface area contributed by atoms with Crippen LogP contribution < -0.4 is 4.90 Å². The summed E-state index contributed by atoms with van der Waals surface area (Å²) in [7, 11) is 0. The lowest BCUT2D eigenvalue weighted by atomic mass is 10.2. The normalized spacial score (nSPS) is 10.3. The highest BCUT2D eigenvalue weighted by molar-refractivity contribution is 7.03. The van der Waals surface area contributed by atoms with Crippen molar-refractivity contribution in [1.29, 1.82) is 0 Å². The lowest BCUT2D eigenvalue weighted by molar-refractivity contribution is 0.0980. The van der Waals surface area contributed by atoms with E-state index in [2.05, 4.69) is 14.6 Å². The molecule has 0 fully saturated rings. The van der Waals surface area contributed by atoms with Crippen molar-refractivity contribution in [2.24, 2.45) is 0 Å². The first-order valence-corrected chi connectivity index (χ1v) is 7.22. The molecule has 104 valence electrons. The van der Waals surface area contributed by atoms with Gasteiger partial charge in [0.15, 0.2) is 5.69 Å². The third-order valence-corrected chi connectivity index (χ3v) is 3.44. The minimum Gasteiger partial charge on any atom is -0.301 e. The molecular weight excluding hydrogens is 284 g/mol. The number of anilines is 1. The minimum absolute atomic E-state index is 0.180. The van der Waals surface area contributed by atoms with Gasteiger partial charge in [-0.15, -0.1) is 5.10 Å². The third-order valence-electron chi connectivity index (χ3n) is 2.94. The number of benzene rings is 1. The number of aromatic nitrogens is 3. The molecule has 0 aliphatic heterocycles. The molecule has 0 spiro atoms. The molecule has 3 aromatic rings. The van der Waals surface area contributed by atoms with E-state index in [0.717, 1.165) is 22.9 Å². The zero-order chi connectivity index (χ0) is 14.5. The van der Waals surface area contributed by atoms with Crippen LogP contribution in [0.4, 0.5) is 5.69 Å². The Morgan fingerprint density at radius 3 is 2.57 bits per heavy atom. The van der Waals surface area contributed by atoms with Gasteiger partial charge in [-0.05, 0) is 35.8 Å². The number of hydrogen-bond acceptors (Lipinski definition) is 5. The maximum Gasteiger partial charge on any atom is 0.280 e. The fraction of sp³-hybridized carbons (Fsp3) is 0.0667. The molecule has 2 aromatic heterocycles. The number of para-hydroxylation sites is 1. The lowest BCUT2D eigenvalue weighted by Gasteiger charge is -2.21. The van der Waals surface area contributed by atoms with Crippen molar-refractivity contribution in [3.8, 4) is 0 Å². The van der Waals surface area contributed by atoms with Gasteiger partial charge in [-0.3, -0.25) is 9.78 Å². The van der Waals surface area contributed by atoms with Gasteiger partial charge < -0.3 is 4.90 Å². The van der Waals surface area contributed by atoms with Crippen LogP contribution in [0.3, 0.4) is 0 Å². The predicted octanol–water partition coefficient (Wildman–Crippen LogP) is 2.78. The summed E-state index contributed by atoms with van der Waals surface area (Å²) in [5, 5.41) is 5.51. The molecule has 1 aromatic carbocycles. The summed E-state index contributed by atoms with van der Waals surface area (Å²) in [6.45, 7) is 0.390. The van der Waals surface area contributed by atoms with Crippen molar-refractivity contribution in [3.05, 3.63) is 71.5 Å². The van der Waals surface area contributed by atoms with E-state index in [1.54, 1.807) is 16.5 Å². The zero-order valence-corrected chi connectivity index (χ0v) is 11.9. The molecule has 5 nitrogen and oxygen atoms in total. The SMILES string of the molecule is O=C(c1csnn1)N(Cc1ccccn1)c1ccccc1. The summed E-state index contributed by atoms with van der Waals surface area (Å²) < 4.78 is 3.75. The van der Waals surface area contributed by atoms with Crippen molar-refractivity contribution in [3.63, 3.8) is 0 Å². The van der Waals surface area contributed by atoms with Crippen molar-refractivity contribution >= 4 is 23.1 Å². The molecular formula is C15H12N4OS. The van der Waals surface area contributed by atoms with Crippen LogP contribution in [0.25, 0.3) is 0 Å². The molecule has 0 unspecified atom stereocenters. The Morgan fingerprint density at radius 2 is 1.90 bits per heavy atom. The van der Waals surface area contributed by atoms with Crippen molar-refractivity contribution in [1.82, 2.24) is 14.6 Å². The molecule has 0 aliphatic rings. The van der Waals surface area contributed by atoms with E-state index in [-0.39, 0.29) is 5.91 Å². The maximum absolute atomic E-state index is 12.6. The van der Waals surface area contributed by atoms with Crippen LogP contribution in [0.15, 0.2) is 60.1 Å². The number of hydrogen-bond donors (Lipinski definition) is 0. The molecule has 0 radical (unpaired) electrons. The average molecular weight is 296 g/mol. The quantitative estimate of drug-likeness (QED) is 0.743. The van der Waals surface area contributed by atoms with E-state index in [0.29, 0.717) is 12.2 Å². The van der Waals surface area contributed by atoms with E-state index in [9.17, 15) is 4.79 Å².